The Bertz CT molecular complexity index is 188. The summed E-state index contributed by atoms with van der Waals surface area (Å²) in [6.07, 6.45) is 1.41. The Labute approximate surface area is 55.1 Å². The van der Waals surface area contributed by atoms with Gasteiger partial charge in [-0.3, -0.25) is 4.55 Å². The van der Waals surface area contributed by atoms with Crippen LogP contribution in [-0.2, 0) is 10.1 Å². The molecule has 0 spiro atoms. The van der Waals surface area contributed by atoms with E-state index in [0.717, 1.165) is 5.41 Å². The van der Waals surface area contributed by atoms with Gasteiger partial charge in [0.15, 0.2) is 0 Å². The van der Waals surface area contributed by atoms with Gasteiger partial charge in [-0.25, -0.2) is 0 Å². The fourth-order valence-electron chi connectivity index (χ4n) is 0.256. The molecule has 0 saturated carbocycles. The van der Waals surface area contributed by atoms with Crippen LogP contribution in [0, 0.1) is 5.92 Å². The summed E-state index contributed by atoms with van der Waals surface area (Å²) in [6, 6.07) is 0. The molecule has 0 aliphatic rings. The number of rotatable bonds is 2. The molecule has 3 nitrogen and oxygen atoms in total. The Hall–Kier alpha value is -0.350. The van der Waals surface area contributed by atoms with Gasteiger partial charge in [0.1, 0.15) is 0 Å². The van der Waals surface area contributed by atoms with Gasteiger partial charge in [0.25, 0.3) is 10.1 Å². The molecule has 9 heavy (non-hydrogen) atoms. The Balaban J connectivity index is 4.03. The molecule has 0 amide bonds. The minimum Gasteiger partial charge on any atom is -0.282 e. The second-order valence-corrected chi connectivity index (χ2v) is 3.39. The van der Waals surface area contributed by atoms with Gasteiger partial charge in [-0.2, -0.15) is 8.42 Å². The molecule has 0 rings (SSSR count). The highest BCUT2D eigenvalue weighted by Crippen LogP contribution is 1.95. The fraction of sp³-hybridized carbons (Fsp3) is 0.600. The lowest BCUT2D eigenvalue weighted by atomic mass is 10.2. The van der Waals surface area contributed by atoms with Gasteiger partial charge < -0.3 is 0 Å². The summed E-state index contributed by atoms with van der Waals surface area (Å²) in [4.78, 5) is 0. The smallest absolute Gasteiger partial charge is 0.282 e. The molecule has 0 bridgehead atoms. The molecule has 0 aliphatic carbocycles. The van der Waals surface area contributed by atoms with Crippen molar-refractivity contribution < 1.29 is 13.0 Å². The summed E-state index contributed by atoms with van der Waals surface area (Å²) < 4.78 is 28.2. The zero-order chi connectivity index (χ0) is 7.49. The molecule has 0 unspecified atom stereocenters. The van der Waals surface area contributed by atoms with E-state index >= 15 is 0 Å². The Morgan fingerprint density at radius 3 is 2.00 bits per heavy atom. The quantitative estimate of drug-likeness (QED) is 0.598. The Morgan fingerprint density at radius 1 is 1.44 bits per heavy atom. The van der Waals surface area contributed by atoms with E-state index in [4.69, 9.17) is 4.55 Å². The molecular weight excluding hydrogens is 140 g/mol. The summed E-state index contributed by atoms with van der Waals surface area (Å²) in [6.45, 7) is 3.64. The molecule has 4 heteroatoms. The van der Waals surface area contributed by atoms with E-state index in [2.05, 4.69) is 0 Å². The van der Waals surface area contributed by atoms with Crippen molar-refractivity contribution in [2.45, 2.75) is 13.8 Å². The van der Waals surface area contributed by atoms with Crippen molar-refractivity contribution in [2.24, 2.45) is 5.92 Å². The van der Waals surface area contributed by atoms with E-state index in [1.165, 1.54) is 6.08 Å². The van der Waals surface area contributed by atoms with Crippen molar-refractivity contribution in [3.8, 4) is 0 Å². The highest BCUT2D eigenvalue weighted by Gasteiger charge is 1.94. The van der Waals surface area contributed by atoms with Crippen LogP contribution in [-0.4, -0.2) is 13.0 Å². The minimum absolute atomic E-state index is 0.145. The van der Waals surface area contributed by atoms with Crippen LogP contribution >= 0.6 is 0 Å². The summed E-state index contributed by atoms with van der Waals surface area (Å²) in [7, 11) is -3.90. The lowest BCUT2D eigenvalue weighted by Crippen LogP contribution is -1.90. The SMILES string of the molecule is CC(C)/C=C/S(=O)(=O)O. The van der Waals surface area contributed by atoms with E-state index in [0.29, 0.717) is 0 Å². The van der Waals surface area contributed by atoms with Gasteiger partial charge in [0.05, 0.1) is 5.41 Å². The fourth-order valence-corrected chi connectivity index (χ4v) is 0.769. The topological polar surface area (TPSA) is 54.4 Å². The first-order chi connectivity index (χ1) is 3.92. The van der Waals surface area contributed by atoms with Gasteiger partial charge in [0, 0.05) is 0 Å². The van der Waals surface area contributed by atoms with Gasteiger partial charge in [0.2, 0.25) is 0 Å². The molecule has 0 aromatic carbocycles. The highest BCUT2D eigenvalue weighted by atomic mass is 32.2. The third-order valence-electron chi connectivity index (χ3n) is 0.635. The third kappa shape index (κ3) is 7.65. The molecule has 0 atom stereocenters. The first-order valence-electron chi connectivity index (χ1n) is 2.57. The second kappa shape index (κ2) is 2.98. The second-order valence-electron chi connectivity index (χ2n) is 2.09. The van der Waals surface area contributed by atoms with E-state index in [1.807, 2.05) is 13.8 Å². The third-order valence-corrected chi connectivity index (χ3v) is 1.14. The summed E-state index contributed by atoms with van der Waals surface area (Å²) in [5, 5.41) is 0.789. The first kappa shape index (κ1) is 8.65. The Kier molecular flexibility index (Phi) is 2.87. The average molecular weight is 150 g/mol. The van der Waals surface area contributed by atoms with Crippen LogP contribution in [0.1, 0.15) is 13.8 Å². The van der Waals surface area contributed by atoms with Gasteiger partial charge >= 0.3 is 0 Å². The van der Waals surface area contributed by atoms with Gasteiger partial charge in [-0.15, -0.1) is 0 Å². The molecule has 0 aromatic heterocycles. The van der Waals surface area contributed by atoms with Crippen LogP contribution in [0.3, 0.4) is 0 Å². The largest absolute Gasteiger partial charge is 0.287 e. The van der Waals surface area contributed by atoms with Crippen LogP contribution in [0.15, 0.2) is 11.5 Å². The van der Waals surface area contributed by atoms with Gasteiger partial charge in [-0.05, 0) is 5.92 Å². The zero-order valence-corrected chi connectivity index (χ0v) is 6.22. The summed E-state index contributed by atoms with van der Waals surface area (Å²) in [5.74, 6) is 0.145. The standard InChI is InChI=1S/C5H10O3S/c1-5(2)3-4-9(6,7)8/h3-5H,1-2H3,(H,6,7,8)/b4-3+. The van der Waals surface area contributed by atoms with Gasteiger partial charge in [-0.1, -0.05) is 19.9 Å². The normalized spacial score (nSPS) is 13.3. The van der Waals surface area contributed by atoms with Crippen LogP contribution in [0.25, 0.3) is 0 Å². The van der Waals surface area contributed by atoms with E-state index in [1.54, 1.807) is 0 Å². The van der Waals surface area contributed by atoms with Crippen molar-refractivity contribution in [3.05, 3.63) is 11.5 Å². The number of allylic oxidation sites excluding steroid dienone is 1. The van der Waals surface area contributed by atoms with Crippen molar-refractivity contribution in [2.75, 3.05) is 0 Å². The van der Waals surface area contributed by atoms with Crippen molar-refractivity contribution >= 4 is 10.1 Å². The number of hydrogen-bond acceptors (Lipinski definition) is 2. The molecule has 0 fully saturated rings. The van der Waals surface area contributed by atoms with Crippen LogP contribution in [0.5, 0.6) is 0 Å². The van der Waals surface area contributed by atoms with Crippen LogP contribution < -0.4 is 0 Å². The van der Waals surface area contributed by atoms with Crippen molar-refractivity contribution in [1.29, 1.82) is 0 Å². The molecular formula is C5H10O3S. The van der Waals surface area contributed by atoms with Crippen molar-refractivity contribution in [1.82, 2.24) is 0 Å². The number of hydrogen-bond donors (Lipinski definition) is 1. The predicted molar refractivity (Wildman–Crippen MR) is 35.5 cm³/mol. The maximum atomic E-state index is 10.0. The van der Waals surface area contributed by atoms with Crippen molar-refractivity contribution in [3.63, 3.8) is 0 Å². The molecule has 0 aromatic rings. The molecule has 0 radical (unpaired) electrons. The predicted octanol–water partition coefficient (Wildman–Crippen LogP) is 1.04. The maximum Gasteiger partial charge on any atom is 0.287 e. The minimum atomic E-state index is -3.90. The van der Waals surface area contributed by atoms with Crippen LogP contribution in [0.4, 0.5) is 0 Å². The van der Waals surface area contributed by atoms with E-state index in [9.17, 15) is 8.42 Å². The molecule has 54 valence electrons. The lowest BCUT2D eigenvalue weighted by molar-refractivity contribution is 0.494. The summed E-state index contributed by atoms with van der Waals surface area (Å²) in [5.41, 5.74) is 0. The lowest BCUT2D eigenvalue weighted by Gasteiger charge is -1.89. The first-order valence-corrected chi connectivity index (χ1v) is 4.08. The maximum absolute atomic E-state index is 10.0. The molecule has 0 saturated heterocycles. The van der Waals surface area contributed by atoms with E-state index < -0.39 is 10.1 Å². The molecule has 1 N–H and O–H groups in total. The molecule has 0 aliphatic heterocycles. The molecule has 0 heterocycles. The Morgan fingerprint density at radius 2 is 1.89 bits per heavy atom. The average Bonchev–Trinajstić information content (AvgIpc) is 1.59. The van der Waals surface area contributed by atoms with E-state index in [-0.39, 0.29) is 5.92 Å². The van der Waals surface area contributed by atoms with Crippen LogP contribution in [0.2, 0.25) is 0 Å². The summed E-state index contributed by atoms with van der Waals surface area (Å²) >= 11 is 0. The zero-order valence-electron chi connectivity index (χ0n) is 5.40. The highest BCUT2D eigenvalue weighted by molar-refractivity contribution is 7.88. The monoisotopic (exact) mass is 150 g/mol.